The highest BCUT2D eigenvalue weighted by Gasteiger charge is 2.44. The molecule has 1 aliphatic carbocycles. The fraction of sp³-hybridized carbons (Fsp3) is 0.933. The van der Waals surface area contributed by atoms with Crippen LogP contribution in [-0.4, -0.2) is 41.5 Å². The molecule has 0 aromatic rings. The molecule has 19 heavy (non-hydrogen) atoms. The van der Waals surface area contributed by atoms with Crippen molar-refractivity contribution in [2.75, 3.05) is 13.1 Å². The van der Waals surface area contributed by atoms with Crippen molar-refractivity contribution in [2.45, 2.75) is 70.5 Å². The van der Waals surface area contributed by atoms with E-state index >= 15 is 0 Å². The van der Waals surface area contributed by atoms with Gasteiger partial charge in [-0.3, -0.25) is 9.69 Å². The molecule has 1 saturated carbocycles. The lowest BCUT2D eigenvalue weighted by molar-refractivity contribution is -0.126. The van der Waals surface area contributed by atoms with Crippen molar-refractivity contribution in [3.05, 3.63) is 0 Å². The zero-order valence-corrected chi connectivity index (χ0v) is 12.6. The van der Waals surface area contributed by atoms with Crippen LogP contribution in [0.2, 0.25) is 0 Å². The van der Waals surface area contributed by atoms with Gasteiger partial charge in [-0.05, 0) is 51.5 Å². The van der Waals surface area contributed by atoms with Gasteiger partial charge in [0.25, 0.3) is 0 Å². The van der Waals surface area contributed by atoms with Crippen LogP contribution in [0, 0.1) is 5.92 Å². The van der Waals surface area contributed by atoms with Crippen LogP contribution in [0.5, 0.6) is 0 Å². The van der Waals surface area contributed by atoms with Gasteiger partial charge in [-0.2, -0.15) is 0 Å². The summed E-state index contributed by atoms with van der Waals surface area (Å²) in [5, 5.41) is 3.38. The van der Waals surface area contributed by atoms with Crippen molar-refractivity contribution in [1.82, 2.24) is 10.2 Å². The topological polar surface area (TPSA) is 58.4 Å². The molecule has 4 heteroatoms. The number of hydrogen-bond donors (Lipinski definition) is 2. The minimum Gasteiger partial charge on any atom is -0.368 e. The Hall–Kier alpha value is -0.610. The molecule has 2 fully saturated rings. The molecule has 0 aromatic heterocycles. The van der Waals surface area contributed by atoms with Gasteiger partial charge < -0.3 is 11.1 Å². The first-order valence-corrected chi connectivity index (χ1v) is 7.79. The number of carbonyl (C=O) groups is 1. The predicted octanol–water partition coefficient (Wildman–Crippen LogP) is 1.49. The van der Waals surface area contributed by atoms with Crippen LogP contribution in [0.3, 0.4) is 0 Å². The molecular weight excluding hydrogens is 238 g/mol. The standard InChI is InChI=1S/C15H29N3O/c1-4-17-15(14(16)19)7-5-6-13(9-15)18-10-11(2)8-12(18)3/h11-13,17H,4-10H2,1-3H3,(H2,16,19). The van der Waals surface area contributed by atoms with E-state index in [4.69, 9.17) is 5.73 Å². The van der Waals surface area contributed by atoms with E-state index in [1.807, 2.05) is 0 Å². The Morgan fingerprint density at radius 1 is 1.47 bits per heavy atom. The van der Waals surface area contributed by atoms with Crippen LogP contribution in [0.25, 0.3) is 0 Å². The normalized spacial score (nSPS) is 40.5. The lowest BCUT2D eigenvalue weighted by atomic mass is 9.77. The molecule has 0 spiro atoms. The molecule has 1 amide bonds. The van der Waals surface area contributed by atoms with Gasteiger partial charge >= 0.3 is 0 Å². The minimum absolute atomic E-state index is 0.168. The van der Waals surface area contributed by atoms with Gasteiger partial charge in [0, 0.05) is 18.6 Å². The third kappa shape index (κ3) is 2.95. The summed E-state index contributed by atoms with van der Waals surface area (Å²) in [6.07, 6.45) is 5.36. The first kappa shape index (κ1) is 14.8. The third-order valence-electron chi connectivity index (χ3n) is 5.01. The first-order valence-electron chi connectivity index (χ1n) is 7.79. The molecule has 2 aliphatic rings. The van der Waals surface area contributed by atoms with Crippen molar-refractivity contribution < 1.29 is 4.79 Å². The molecule has 0 aromatic carbocycles. The second-order valence-corrected chi connectivity index (χ2v) is 6.61. The van der Waals surface area contributed by atoms with Gasteiger partial charge in [0.15, 0.2) is 0 Å². The summed E-state index contributed by atoms with van der Waals surface area (Å²) in [5.41, 5.74) is 5.22. The molecule has 1 aliphatic heterocycles. The lowest BCUT2D eigenvalue weighted by Gasteiger charge is -2.43. The van der Waals surface area contributed by atoms with E-state index in [1.165, 1.54) is 19.4 Å². The number of likely N-dealkylation sites (N-methyl/N-ethyl adjacent to an activating group) is 1. The monoisotopic (exact) mass is 267 g/mol. The number of amides is 1. The fourth-order valence-corrected chi connectivity index (χ4v) is 4.18. The number of hydrogen-bond acceptors (Lipinski definition) is 3. The fourth-order valence-electron chi connectivity index (χ4n) is 4.18. The molecule has 4 atom stereocenters. The summed E-state index contributed by atoms with van der Waals surface area (Å²) in [6, 6.07) is 1.16. The van der Waals surface area contributed by atoms with E-state index in [-0.39, 0.29) is 5.91 Å². The van der Waals surface area contributed by atoms with E-state index in [0.717, 1.165) is 31.7 Å². The van der Waals surface area contributed by atoms with Crippen LogP contribution in [0.4, 0.5) is 0 Å². The summed E-state index contributed by atoms with van der Waals surface area (Å²) in [4.78, 5) is 14.5. The van der Waals surface area contributed by atoms with Crippen LogP contribution < -0.4 is 11.1 Å². The number of nitrogens with two attached hydrogens (primary N) is 1. The van der Waals surface area contributed by atoms with Crippen LogP contribution in [0.15, 0.2) is 0 Å². The van der Waals surface area contributed by atoms with Gasteiger partial charge in [-0.15, -0.1) is 0 Å². The third-order valence-corrected chi connectivity index (χ3v) is 5.01. The van der Waals surface area contributed by atoms with Crippen LogP contribution in [-0.2, 0) is 4.79 Å². The van der Waals surface area contributed by atoms with E-state index in [2.05, 4.69) is 31.0 Å². The number of primary amides is 1. The smallest absolute Gasteiger partial charge is 0.237 e. The van der Waals surface area contributed by atoms with Crippen molar-refractivity contribution in [3.63, 3.8) is 0 Å². The molecule has 0 radical (unpaired) electrons. The zero-order chi connectivity index (χ0) is 14.0. The molecule has 1 heterocycles. The Morgan fingerprint density at radius 3 is 2.74 bits per heavy atom. The zero-order valence-electron chi connectivity index (χ0n) is 12.6. The average Bonchev–Trinajstić information content (AvgIpc) is 2.69. The Labute approximate surface area is 117 Å². The number of carbonyl (C=O) groups excluding carboxylic acids is 1. The SMILES string of the molecule is CCNC1(C(N)=O)CCCC(N2CC(C)CC2C)C1. The van der Waals surface area contributed by atoms with E-state index < -0.39 is 5.54 Å². The summed E-state index contributed by atoms with van der Waals surface area (Å²) < 4.78 is 0. The maximum absolute atomic E-state index is 11.9. The lowest BCUT2D eigenvalue weighted by Crippen LogP contribution is -2.60. The molecule has 110 valence electrons. The summed E-state index contributed by atoms with van der Waals surface area (Å²) in [5.74, 6) is 0.609. The van der Waals surface area contributed by atoms with E-state index in [1.54, 1.807) is 0 Å². The highest BCUT2D eigenvalue weighted by molar-refractivity contribution is 5.84. The molecular formula is C15H29N3O. The van der Waals surface area contributed by atoms with Crippen molar-refractivity contribution in [1.29, 1.82) is 0 Å². The van der Waals surface area contributed by atoms with Crippen LogP contribution >= 0.6 is 0 Å². The Balaban J connectivity index is 2.09. The second-order valence-electron chi connectivity index (χ2n) is 6.61. The minimum atomic E-state index is -0.469. The summed E-state index contributed by atoms with van der Waals surface area (Å²) in [6.45, 7) is 8.67. The molecule has 2 rings (SSSR count). The Bertz CT molecular complexity index is 329. The molecule has 4 unspecified atom stereocenters. The maximum Gasteiger partial charge on any atom is 0.237 e. The summed E-state index contributed by atoms with van der Waals surface area (Å²) in [7, 11) is 0. The molecule has 1 saturated heterocycles. The number of rotatable bonds is 4. The highest BCUT2D eigenvalue weighted by atomic mass is 16.1. The van der Waals surface area contributed by atoms with Gasteiger partial charge in [0.1, 0.15) is 0 Å². The van der Waals surface area contributed by atoms with Crippen molar-refractivity contribution in [2.24, 2.45) is 11.7 Å². The van der Waals surface area contributed by atoms with Gasteiger partial charge in [0.2, 0.25) is 5.91 Å². The predicted molar refractivity (Wildman–Crippen MR) is 77.8 cm³/mol. The van der Waals surface area contributed by atoms with E-state index in [9.17, 15) is 4.79 Å². The average molecular weight is 267 g/mol. The van der Waals surface area contributed by atoms with Gasteiger partial charge in [0.05, 0.1) is 5.54 Å². The van der Waals surface area contributed by atoms with Crippen molar-refractivity contribution >= 4 is 5.91 Å². The van der Waals surface area contributed by atoms with Gasteiger partial charge in [-0.1, -0.05) is 13.8 Å². The second kappa shape index (κ2) is 5.80. The first-order chi connectivity index (χ1) is 8.98. The molecule has 0 bridgehead atoms. The number of nitrogens with one attached hydrogen (secondary N) is 1. The van der Waals surface area contributed by atoms with Gasteiger partial charge in [-0.25, -0.2) is 0 Å². The molecule has 4 nitrogen and oxygen atoms in total. The summed E-state index contributed by atoms with van der Waals surface area (Å²) >= 11 is 0. The number of nitrogens with zero attached hydrogens (tertiary/aromatic N) is 1. The highest BCUT2D eigenvalue weighted by Crippen LogP contribution is 2.35. The van der Waals surface area contributed by atoms with E-state index in [0.29, 0.717) is 12.1 Å². The number of likely N-dealkylation sites (tertiary alicyclic amines) is 1. The molecule has 3 N–H and O–H groups in total. The largest absolute Gasteiger partial charge is 0.368 e. The van der Waals surface area contributed by atoms with Crippen LogP contribution in [0.1, 0.15) is 52.9 Å². The quantitative estimate of drug-likeness (QED) is 0.811. The van der Waals surface area contributed by atoms with Crippen molar-refractivity contribution in [3.8, 4) is 0 Å². The maximum atomic E-state index is 11.9. The Morgan fingerprint density at radius 2 is 2.21 bits per heavy atom. The Kier molecular flexibility index (Phi) is 4.51.